The van der Waals surface area contributed by atoms with Crippen molar-refractivity contribution in [2.24, 2.45) is 0 Å². The summed E-state index contributed by atoms with van der Waals surface area (Å²) in [5.41, 5.74) is 5.32. The Hall–Kier alpha value is -3.48. The Bertz CT molecular complexity index is 1320. The summed E-state index contributed by atoms with van der Waals surface area (Å²) in [6.07, 6.45) is 12.5. The van der Waals surface area contributed by atoms with E-state index in [1.165, 1.54) is 5.56 Å². The molecule has 1 aliphatic rings. The van der Waals surface area contributed by atoms with Crippen molar-refractivity contribution in [3.63, 3.8) is 0 Å². The summed E-state index contributed by atoms with van der Waals surface area (Å²) in [5.74, 6) is -0.111. The molecule has 0 saturated carbocycles. The fourth-order valence-electron chi connectivity index (χ4n) is 4.54. The van der Waals surface area contributed by atoms with E-state index in [0.717, 1.165) is 52.4 Å². The van der Waals surface area contributed by atoms with Gasteiger partial charge < -0.3 is 15.2 Å². The van der Waals surface area contributed by atoms with Crippen molar-refractivity contribution in [2.45, 2.75) is 19.8 Å². The molecule has 190 valence electrons. The molecule has 0 spiro atoms. The second-order valence-corrected chi connectivity index (χ2v) is 9.77. The summed E-state index contributed by atoms with van der Waals surface area (Å²) in [6, 6.07) is 18.0. The fourth-order valence-corrected chi connectivity index (χ4v) is 4.94. The highest BCUT2D eigenvalue weighted by atomic mass is 79.9. The van der Waals surface area contributed by atoms with Gasteiger partial charge in [-0.05, 0) is 48.2 Å². The quantitative estimate of drug-likeness (QED) is 0.210. The lowest BCUT2D eigenvalue weighted by Crippen LogP contribution is -2.38. The molecule has 0 radical (unpaired) electrons. The number of aldehydes is 1. The van der Waals surface area contributed by atoms with Crippen LogP contribution in [-0.4, -0.2) is 48.3 Å². The molecule has 1 amide bonds. The zero-order chi connectivity index (χ0) is 26.0. The van der Waals surface area contributed by atoms with Crippen LogP contribution in [0.25, 0.3) is 16.7 Å². The number of hydrogen-bond donors (Lipinski definition) is 2. The van der Waals surface area contributed by atoms with Gasteiger partial charge in [-0.15, -0.1) is 0 Å². The maximum Gasteiger partial charge on any atom is 0.271 e. The van der Waals surface area contributed by atoms with E-state index in [-0.39, 0.29) is 5.91 Å². The number of carbonyl (C=O) groups is 2. The molecule has 0 saturated heterocycles. The second kappa shape index (κ2) is 13.2. The first-order chi connectivity index (χ1) is 18.1. The highest BCUT2D eigenvalue weighted by molar-refractivity contribution is 9.10. The summed E-state index contributed by atoms with van der Waals surface area (Å²) < 4.78 is 0.907. The molecule has 0 bridgehead atoms. The van der Waals surface area contributed by atoms with E-state index in [1.54, 1.807) is 0 Å². The molecule has 6 heteroatoms. The number of rotatable bonds is 11. The average molecular weight is 559 g/mol. The molecule has 37 heavy (non-hydrogen) atoms. The van der Waals surface area contributed by atoms with Gasteiger partial charge >= 0.3 is 0 Å². The van der Waals surface area contributed by atoms with E-state index in [0.29, 0.717) is 31.0 Å². The van der Waals surface area contributed by atoms with E-state index < -0.39 is 0 Å². The molecule has 2 N–H and O–H groups in total. The highest BCUT2D eigenvalue weighted by Gasteiger charge is 2.28. The molecular weight excluding hydrogens is 526 g/mol. The van der Waals surface area contributed by atoms with Crippen LogP contribution in [0.15, 0.2) is 89.5 Å². The molecular formula is C31H32BrN3O2. The Morgan fingerprint density at radius 2 is 1.92 bits per heavy atom. The number of benzene rings is 2. The molecule has 0 fully saturated rings. The van der Waals surface area contributed by atoms with Gasteiger partial charge in [-0.3, -0.25) is 9.59 Å². The third kappa shape index (κ3) is 6.64. The van der Waals surface area contributed by atoms with Gasteiger partial charge in [0.15, 0.2) is 6.29 Å². The molecule has 1 aliphatic carbocycles. The second-order valence-electron chi connectivity index (χ2n) is 8.86. The lowest BCUT2D eigenvalue weighted by molar-refractivity contribution is 0.0753. The highest BCUT2D eigenvalue weighted by Crippen LogP contribution is 2.37. The summed E-state index contributed by atoms with van der Waals surface area (Å²) in [6.45, 7) is 4.72. The van der Waals surface area contributed by atoms with Crippen LogP contribution in [0.3, 0.4) is 0 Å². The Morgan fingerprint density at radius 3 is 2.68 bits per heavy atom. The predicted molar refractivity (Wildman–Crippen MR) is 155 cm³/mol. The van der Waals surface area contributed by atoms with Crippen molar-refractivity contribution in [1.29, 1.82) is 0 Å². The number of aromatic amines is 1. The Kier molecular flexibility index (Phi) is 9.46. The van der Waals surface area contributed by atoms with Gasteiger partial charge in [-0.1, -0.05) is 95.7 Å². The smallest absolute Gasteiger partial charge is 0.271 e. The van der Waals surface area contributed by atoms with Crippen LogP contribution in [0.5, 0.6) is 0 Å². The van der Waals surface area contributed by atoms with Crippen LogP contribution in [-0.2, 0) is 6.42 Å². The molecule has 1 aromatic heterocycles. The average Bonchev–Trinajstić information content (AvgIpc) is 3.10. The van der Waals surface area contributed by atoms with Gasteiger partial charge in [0.25, 0.3) is 5.91 Å². The number of allylic oxidation sites excluding steroid dienone is 6. The van der Waals surface area contributed by atoms with Crippen LogP contribution < -0.4 is 5.32 Å². The largest absolute Gasteiger partial charge is 0.347 e. The number of hydrogen-bond acceptors (Lipinski definition) is 3. The minimum atomic E-state index is -0.111. The van der Waals surface area contributed by atoms with E-state index in [4.69, 9.17) is 0 Å². The normalized spacial score (nSPS) is 12.8. The summed E-state index contributed by atoms with van der Waals surface area (Å²) in [7, 11) is 0. The van der Waals surface area contributed by atoms with Crippen molar-refractivity contribution in [2.75, 3.05) is 26.2 Å². The number of amides is 1. The summed E-state index contributed by atoms with van der Waals surface area (Å²) in [4.78, 5) is 31.5. The standard InChI is InChI=1S/C31H32BrN3O2/c1-2-33-18-20-35(19-17-23-11-6-5-7-12-23)31(37)30-29(24-13-8-3-4-9-14-24)28(27(22-36)34-30)25-15-10-16-26(32)21-25/h3-8,10-16,21-22,33-34H,2,9,17-20H2,1H3. The van der Waals surface area contributed by atoms with Gasteiger partial charge in [0.2, 0.25) is 0 Å². The van der Waals surface area contributed by atoms with Gasteiger partial charge in [0, 0.05) is 35.2 Å². The number of aromatic nitrogens is 1. The minimum Gasteiger partial charge on any atom is -0.347 e. The first-order valence-corrected chi connectivity index (χ1v) is 13.5. The number of carbonyl (C=O) groups excluding carboxylic acids is 2. The SMILES string of the molecule is CCNCCN(CCc1ccccc1)C(=O)c1[nH]c(C=O)c(-c2cccc(Br)c2)c1C1=CCC=CC=C1. The third-order valence-corrected chi connectivity index (χ3v) is 6.86. The zero-order valence-electron chi connectivity index (χ0n) is 21.0. The van der Waals surface area contributed by atoms with E-state index in [1.807, 2.05) is 65.6 Å². The zero-order valence-corrected chi connectivity index (χ0v) is 22.6. The minimum absolute atomic E-state index is 0.111. The molecule has 3 aromatic rings. The molecule has 0 atom stereocenters. The topological polar surface area (TPSA) is 65.2 Å². The molecule has 2 aromatic carbocycles. The third-order valence-electron chi connectivity index (χ3n) is 6.37. The monoisotopic (exact) mass is 557 g/mol. The molecule has 4 rings (SSSR count). The molecule has 0 unspecified atom stereocenters. The van der Waals surface area contributed by atoms with Crippen molar-refractivity contribution in [1.82, 2.24) is 15.2 Å². The van der Waals surface area contributed by atoms with Crippen LogP contribution >= 0.6 is 15.9 Å². The Labute approximate surface area is 227 Å². The van der Waals surface area contributed by atoms with Gasteiger partial charge in [-0.25, -0.2) is 0 Å². The van der Waals surface area contributed by atoms with Gasteiger partial charge in [0.05, 0.1) is 5.69 Å². The summed E-state index contributed by atoms with van der Waals surface area (Å²) >= 11 is 3.56. The molecule has 5 nitrogen and oxygen atoms in total. The number of halogens is 1. The van der Waals surface area contributed by atoms with Crippen molar-refractivity contribution in [3.8, 4) is 11.1 Å². The van der Waals surface area contributed by atoms with E-state index >= 15 is 0 Å². The lowest BCUT2D eigenvalue weighted by atomic mass is 9.93. The molecule has 0 aliphatic heterocycles. The Morgan fingerprint density at radius 1 is 1.08 bits per heavy atom. The maximum atomic E-state index is 14.2. The lowest BCUT2D eigenvalue weighted by Gasteiger charge is -2.23. The van der Waals surface area contributed by atoms with E-state index in [9.17, 15) is 9.59 Å². The van der Waals surface area contributed by atoms with Crippen molar-refractivity contribution in [3.05, 3.63) is 112 Å². The fraction of sp³-hybridized carbons (Fsp3) is 0.226. The van der Waals surface area contributed by atoms with Crippen molar-refractivity contribution >= 4 is 33.7 Å². The van der Waals surface area contributed by atoms with Crippen LogP contribution in [0.4, 0.5) is 0 Å². The predicted octanol–water partition coefficient (Wildman–Crippen LogP) is 6.45. The number of likely N-dealkylation sites (N-methyl/N-ethyl adjacent to an activating group) is 1. The number of nitrogens with one attached hydrogen (secondary N) is 2. The number of nitrogens with zero attached hydrogens (tertiary/aromatic N) is 1. The van der Waals surface area contributed by atoms with Gasteiger partial charge in [0.1, 0.15) is 5.69 Å². The van der Waals surface area contributed by atoms with Crippen LogP contribution in [0.2, 0.25) is 0 Å². The first-order valence-electron chi connectivity index (χ1n) is 12.7. The molecule has 1 heterocycles. The Balaban J connectivity index is 1.79. The van der Waals surface area contributed by atoms with Gasteiger partial charge in [-0.2, -0.15) is 0 Å². The number of H-pyrrole nitrogens is 1. The summed E-state index contributed by atoms with van der Waals surface area (Å²) in [5, 5.41) is 3.33. The van der Waals surface area contributed by atoms with Crippen LogP contribution in [0.1, 0.15) is 45.4 Å². The van der Waals surface area contributed by atoms with E-state index in [2.05, 4.69) is 57.4 Å². The first kappa shape index (κ1) is 26.6. The van der Waals surface area contributed by atoms with Crippen molar-refractivity contribution < 1.29 is 9.59 Å². The maximum absolute atomic E-state index is 14.2. The van der Waals surface area contributed by atoms with Crippen LogP contribution in [0, 0.1) is 0 Å².